The molecule has 2 nitrogen and oxygen atoms in total. The van der Waals surface area contributed by atoms with E-state index in [1.807, 2.05) is 0 Å². The topological polar surface area (TPSA) is 6.48 Å². The molecule has 1 aliphatic carbocycles. The first kappa shape index (κ1) is 31.9. The van der Waals surface area contributed by atoms with E-state index in [9.17, 15) is 0 Å². The van der Waals surface area contributed by atoms with Gasteiger partial charge in [-0.1, -0.05) is 176 Å². The Morgan fingerprint density at radius 1 is 0.276 bits per heavy atom. The minimum atomic E-state index is -2.65. The second-order valence-electron chi connectivity index (χ2n) is 15.9. The van der Waals surface area contributed by atoms with Crippen LogP contribution in [0.1, 0.15) is 22.3 Å². The zero-order chi connectivity index (χ0) is 38.0. The van der Waals surface area contributed by atoms with Crippen LogP contribution in [0.5, 0.6) is 0 Å². The Labute approximate surface area is 339 Å². The van der Waals surface area contributed by atoms with Crippen molar-refractivity contribution in [3.63, 3.8) is 0 Å². The number of nitrogens with zero attached hydrogens (tertiary/aromatic N) is 2. The van der Waals surface area contributed by atoms with Crippen molar-refractivity contribution in [3.05, 3.63) is 241 Å². The van der Waals surface area contributed by atoms with Crippen LogP contribution >= 0.6 is 0 Å². The van der Waals surface area contributed by atoms with E-state index >= 15 is 0 Å². The number of fused-ring (bicyclic) bond motifs is 18. The summed E-state index contributed by atoms with van der Waals surface area (Å²) in [6.07, 6.45) is 0. The normalized spacial score (nSPS) is 15.1. The molecule has 0 radical (unpaired) electrons. The smallest absolute Gasteiger partial charge is 0.185 e. The molecule has 4 aliphatic rings. The molecule has 13 rings (SSSR count). The lowest BCUT2D eigenvalue weighted by Crippen LogP contribution is -2.75. The van der Waals surface area contributed by atoms with Gasteiger partial charge in [-0.15, -0.1) is 0 Å². The van der Waals surface area contributed by atoms with Crippen molar-refractivity contribution >= 4 is 62.9 Å². The van der Waals surface area contributed by atoms with Crippen LogP contribution in [0, 0.1) is 0 Å². The average Bonchev–Trinajstić information content (AvgIpc) is 3.76. The average molecular weight is 753 g/mol. The maximum Gasteiger partial charge on any atom is 0.185 e. The summed E-state index contributed by atoms with van der Waals surface area (Å²) in [4.78, 5) is 5.03. The molecule has 0 amide bonds. The highest BCUT2D eigenvalue weighted by Gasteiger charge is 2.54. The van der Waals surface area contributed by atoms with Gasteiger partial charge >= 0.3 is 0 Å². The Hall–Kier alpha value is -7.20. The molecule has 3 aliphatic heterocycles. The zero-order valence-corrected chi connectivity index (χ0v) is 32.7. The van der Waals surface area contributed by atoms with Gasteiger partial charge in [-0.3, -0.25) is 0 Å². The van der Waals surface area contributed by atoms with Gasteiger partial charge in [0.1, 0.15) is 0 Å². The molecule has 3 heterocycles. The third-order valence-electron chi connectivity index (χ3n) is 13.4. The maximum atomic E-state index is 2.53. The van der Waals surface area contributed by atoms with Crippen molar-refractivity contribution < 1.29 is 0 Å². The van der Waals surface area contributed by atoms with E-state index in [-0.39, 0.29) is 0 Å². The first-order chi connectivity index (χ1) is 28.8. The predicted octanol–water partition coefficient (Wildman–Crippen LogP) is 11.0. The van der Waals surface area contributed by atoms with E-state index in [4.69, 9.17) is 0 Å². The molecule has 58 heavy (non-hydrogen) atoms. The van der Waals surface area contributed by atoms with E-state index in [0.29, 0.717) is 0 Å². The lowest BCUT2D eigenvalue weighted by Gasteiger charge is -2.45. The molecule has 0 unspecified atom stereocenters. The standard InChI is InChI=1S/C55H36N2Si/c1-5-24-43-39(20-1)40-21-2-6-25-44(40)55(43)45-26-7-9-28-47(45)56(48-29-10-8-27-46(48)55)37-18-17-19-38(36-37)57-49-30-11-15-34-53(49)58(54-35-16-12-31-50(54)57)51-32-13-3-22-41(51)42-23-4-14-33-52(42)58/h1-36H. The Balaban J connectivity index is 1.04. The number of para-hydroxylation sites is 4. The van der Waals surface area contributed by atoms with Crippen molar-refractivity contribution in [3.8, 4) is 22.3 Å². The third kappa shape index (κ3) is 3.82. The van der Waals surface area contributed by atoms with Gasteiger partial charge in [0.15, 0.2) is 8.07 Å². The molecule has 0 saturated heterocycles. The van der Waals surface area contributed by atoms with Crippen LogP contribution < -0.4 is 30.5 Å². The Morgan fingerprint density at radius 3 is 1.10 bits per heavy atom. The minimum Gasteiger partial charge on any atom is -0.311 e. The van der Waals surface area contributed by atoms with Gasteiger partial charge in [0.25, 0.3) is 0 Å². The summed E-state index contributed by atoms with van der Waals surface area (Å²) >= 11 is 0. The molecule has 0 atom stereocenters. The molecule has 2 spiro atoms. The molecule has 3 heteroatoms. The van der Waals surface area contributed by atoms with Gasteiger partial charge in [0, 0.05) is 22.7 Å². The lowest BCUT2D eigenvalue weighted by atomic mass is 9.64. The Kier molecular flexibility index (Phi) is 6.43. The molecule has 0 N–H and O–H groups in total. The minimum absolute atomic E-state index is 0.438. The molecular weight excluding hydrogens is 717 g/mol. The van der Waals surface area contributed by atoms with E-state index in [2.05, 4.69) is 228 Å². The monoisotopic (exact) mass is 752 g/mol. The zero-order valence-electron chi connectivity index (χ0n) is 31.7. The SMILES string of the molecule is c1cc(N2c3ccccc3C3(c4ccccc4-c4ccccc43)c3ccccc32)cc(N2c3ccccc3[Si]3(c4ccccc4-c4ccccc43)c3ccccc32)c1. The summed E-state index contributed by atoms with van der Waals surface area (Å²) in [6.45, 7) is 0. The molecule has 0 aromatic heterocycles. The molecular formula is C55H36N2Si. The quantitative estimate of drug-likeness (QED) is 0.162. The van der Waals surface area contributed by atoms with Crippen LogP contribution in [-0.4, -0.2) is 8.07 Å². The summed E-state index contributed by atoms with van der Waals surface area (Å²) in [5.41, 5.74) is 17.4. The number of hydrogen-bond acceptors (Lipinski definition) is 2. The number of benzene rings is 9. The molecule has 0 bridgehead atoms. The largest absolute Gasteiger partial charge is 0.311 e. The second kappa shape index (κ2) is 11.7. The fourth-order valence-electron chi connectivity index (χ4n) is 11.5. The molecule has 0 fully saturated rings. The van der Waals surface area contributed by atoms with E-state index < -0.39 is 13.5 Å². The van der Waals surface area contributed by atoms with Crippen molar-refractivity contribution in [1.82, 2.24) is 0 Å². The van der Waals surface area contributed by atoms with Crippen molar-refractivity contribution in [2.24, 2.45) is 0 Å². The van der Waals surface area contributed by atoms with Gasteiger partial charge in [0.05, 0.1) is 16.8 Å². The van der Waals surface area contributed by atoms with Crippen molar-refractivity contribution in [2.45, 2.75) is 5.41 Å². The van der Waals surface area contributed by atoms with E-state index in [1.165, 1.54) is 88.0 Å². The number of rotatable bonds is 2. The first-order valence-electron chi connectivity index (χ1n) is 20.3. The summed E-state index contributed by atoms with van der Waals surface area (Å²) in [5.74, 6) is 0. The molecule has 9 aromatic carbocycles. The molecule has 270 valence electrons. The summed E-state index contributed by atoms with van der Waals surface area (Å²) < 4.78 is 0. The van der Waals surface area contributed by atoms with Crippen LogP contribution in [0.3, 0.4) is 0 Å². The number of anilines is 6. The Bertz CT molecular complexity index is 2780. The summed E-state index contributed by atoms with van der Waals surface area (Å²) in [5, 5.41) is 5.83. The Morgan fingerprint density at radius 2 is 0.621 bits per heavy atom. The first-order valence-corrected chi connectivity index (χ1v) is 22.3. The molecule has 0 saturated carbocycles. The van der Waals surface area contributed by atoms with Crippen LogP contribution in [0.15, 0.2) is 218 Å². The van der Waals surface area contributed by atoms with Gasteiger partial charge in [-0.25, -0.2) is 0 Å². The fourth-order valence-corrected chi connectivity index (χ4v) is 17.0. The molecule has 9 aromatic rings. The lowest BCUT2D eigenvalue weighted by molar-refractivity contribution is 0.752. The van der Waals surface area contributed by atoms with Crippen LogP contribution in [0.25, 0.3) is 22.3 Å². The van der Waals surface area contributed by atoms with Crippen LogP contribution in [-0.2, 0) is 5.41 Å². The predicted molar refractivity (Wildman–Crippen MR) is 243 cm³/mol. The highest BCUT2D eigenvalue weighted by molar-refractivity contribution is 7.23. The summed E-state index contributed by atoms with van der Waals surface area (Å²) in [6, 6.07) is 82.3. The van der Waals surface area contributed by atoms with Gasteiger partial charge in [-0.05, 0) is 108 Å². The van der Waals surface area contributed by atoms with E-state index in [0.717, 1.165) is 11.4 Å². The highest BCUT2D eigenvalue weighted by Crippen LogP contribution is 2.63. The maximum absolute atomic E-state index is 2.65. The fraction of sp³-hybridized carbons (Fsp3) is 0.0182. The van der Waals surface area contributed by atoms with Gasteiger partial charge < -0.3 is 9.80 Å². The van der Waals surface area contributed by atoms with E-state index in [1.54, 1.807) is 0 Å². The van der Waals surface area contributed by atoms with Crippen molar-refractivity contribution in [1.29, 1.82) is 0 Å². The van der Waals surface area contributed by atoms with Gasteiger partial charge in [0.2, 0.25) is 0 Å². The van der Waals surface area contributed by atoms with Gasteiger partial charge in [-0.2, -0.15) is 0 Å². The second-order valence-corrected chi connectivity index (χ2v) is 19.6. The summed E-state index contributed by atoms with van der Waals surface area (Å²) in [7, 11) is -2.65. The number of hydrogen-bond donors (Lipinski definition) is 0. The highest BCUT2D eigenvalue weighted by atomic mass is 28.3. The van der Waals surface area contributed by atoms with Crippen molar-refractivity contribution in [2.75, 3.05) is 9.80 Å². The third-order valence-corrected chi connectivity index (χ3v) is 18.4. The van der Waals surface area contributed by atoms with Crippen LogP contribution in [0.4, 0.5) is 34.1 Å². The van der Waals surface area contributed by atoms with Crippen LogP contribution in [0.2, 0.25) is 0 Å².